The number of allylic oxidation sites excluding steroid dienone is 4. The third-order valence-corrected chi connectivity index (χ3v) is 9.86. The first-order valence-electron chi connectivity index (χ1n) is 7.80. The van der Waals surface area contributed by atoms with Gasteiger partial charge in [0.1, 0.15) is 0 Å². The predicted octanol–water partition coefficient (Wildman–Crippen LogP) is 3.03. The quantitative estimate of drug-likeness (QED) is 0.463. The van der Waals surface area contributed by atoms with E-state index >= 15 is 0 Å². The SMILES string of the molecule is B[PH](C1=CC2C=CC1C2)(c1ccccc1)c1ccccc1. The van der Waals surface area contributed by atoms with Gasteiger partial charge in [-0.1, -0.05) is 0 Å². The molecule has 2 unspecified atom stereocenters. The van der Waals surface area contributed by atoms with Gasteiger partial charge in [0, 0.05) is 0 Å². The Hall–Kier alpha value is -1.59. The van der Waals surface area contributed by atoms with Gasteiger partial charge in [0.15, 0.2) is 0 Å². The average Bonchev–Trinajstić information content (AvgIpc) is 3.19. The van der Waals surface area contributed by atoms with Crippen molar-refractivity contribution in [1.82, 2.24) is 0 Å². The first-order chi connectivity index (χ1) is 10.3. The Labute approximate surface area is 128 Å². The molecule has 2 aromatic rings. The molecule has 0 spiro atoms. The third kappa shape index (κ3) is 2.03. The molecule has 0 aliphatic heterocycles. The van der Waals surface area contributed by atoms with Gasteiger partial charge in [-0.05, 0) is 0 Å². The summed E-state index contributed by atoms with van der Waals surface area (Å²) in [5.41, 5.74) is 0. The van der Waals surface area contributed by atoms with Crippen LogP contribution in [0, 0.1) is 11.8 Å². The number of rotatable bonds is 3. The summed E-state index contributed by atoms with van der Waals surface area (Å²) in [6.07, 6.45) is 8.70. The van der Waals surface area contributed by atoms with Crippen LogP contribution in [0.4, 0.5) is 0 Å². The Morgan fingerprint density at radius 1 is 0.810 bits per heavy atom. The second-order valence-electron chi connectivity index (χ2n) is 6.37. The molecular weight excluding hydrogens is 270 g/mol. The van der Waals surface area contributed by atoms with Gasteiger partial charge < -0.3 is 0 Å². The van der Waals surface area contributed by atoms with Crippen molar-refractivity contribution >= 4 is 25.3 Å². The van der Waals surface area contributed by atoms with Crippen molar-refractivity contribution < 1.29 is 0 Å². The minimum absolute atomic E-state index is 0.673. The first kappa shape index (κ1) is 13.1. The maximum absolute atomic E-state index is 2.57. The van der Waals surface area contributed by atoms with Gasteiger partial charge in [-0.15, -0.1) is 0 Å². The summed E-state index contributed by atoms with van der Waals surface area (Å²) < 4.78 is 0. The summed E-state index contributed by atoms with van der Waals surface area (Å²) in [4.78, 5) is 0. The van der Waals surface area contributed by atoms with Crippen molar-refractivity contribution in [3.05, 3.63) is 84.2 Å². The standard InChI is InChI=1S/C19H20BP/c20-21(17-7-3-1-4-8-17,18-9-5-2-6-10-18)19-14-15-11-12-16(19)13-15/h1-12,14-16,21H,13,20H2. The summed E-state index contributed by atoms with van der Waals surface area (Å²) in [5.74, 6) is 1.36. The van der Waals surface area contributed by atoms with E-state index in [0.29, 0.717) is 11.8 Å². The fourth-order valence-electron chi connectivity index (χ4n) is 4.02. The molecular formula is C19H20BP. The minimum atomic E-state index is -1.81. The average molecular weight is 290 g/mol. The summed E-state index contributed by atoms with van der Waals surface area (Å²) in [7, 11) is 0.713. The monoisotopic (exact) mass is 290 g/mol. The molecule has 2 aliphatic rings. The van der Waals surface area contributed by atoms with Crippen molar-refractivity contribution in [3.63, 3.8) is 0 Å². The van der Waals surface area contributed by atoms with Crippen molar-refractivity contribution in [3.8, 4) is 0 Å². The van der Waals surface area contributed by atoms with Crippen molar-refractivity contribution in [1.29, 1.82) is 0 Å². The molecule has 0 aromatic heterocycles. The molecule has 104 valence electrons. The molecule has 2 bridgehead atoms. The number of fused-ring (bicyclic) bond motifs is 2. The molecule has 0 fully saturated rings. The van der Waals surface area contributed by atoms with Gasteiger partial charge in [0.05, 0.1) is 0 Å². The molecule has 0 saturated heterocycles. The van der Waals surface area contributed by atoms with Gasteiger partial charge in [-0.25, -0.2) is 0 Å². The van der Waals surface area contributed by atoms with Crippen LogP contribution in [-0.4, -0.2) is 7.57 Å². The van der Waals surface area contributed by atoms with E-state index in [0.717, 1.165) is 0 Å². The van der Waals surface area contributed by atoms with Crippen LogP contribution >= 0.6 is 7.14 Å². The van der Waals surface area contributed by atoms with Crippen molar-refractivity contribution in [2.45, 2.75) is 6.42 Å². The second-order valence-corrected chi connectivity index (χ2v) is 10.4. The fourth-order valence-corrected chi connectivity index (χ4v) is 8.24. The van der Waals surface area contributed by atoms with E-state index < -0.39 is 7.14 Å². The van der Waals surface area contributed by atoms with Crippen LogP contribution in [0.15, 0.2) is 84.2 Å². The molecule has 2 aromatic carbocycles. The molecule has 0 amide bonds. The maximum atomic E-state index is 2.57. The summed E-state index contributed by atoms with van der Waals surface area (Å²) in [6.45, 7) is 0. The van der Waals surface area contributed by atoms with Crippen LogP contribution in [0.25, 0.3) is 0 Å². The van der Waals surface area contributed by atoms with Gasteiger partial charge >= 0.3 is 128 Å². The number of hydrogen-bond donors (Lipinski definition) is 0. The predicted molar refractivity (Wildman–Crippen MR) is 97.8 cm³/mol. The second kappa shape index (κ2) is 5.00. The van der Waals surface area contributed by atoms with Gasteiger partial charge in [-0.3, -0.25) is 0 Å². The molecule has 21 heavy (non-hydrogen) atoms. The fraction of sp³-hybridized carbons (Fsp3) is 0.158. The summed E-state index contributed by atoms with van der Waals surface area (Å²) >= 11 is 0. The summed E-state index contributed by atoms with van der Waals surface area (Å²) in [5, 5.41) is 4.78. The zero-order chi connectivity index (χ0) is 14.3. The van der Waals surface area contributed by atoms with Crippen LogP contribution in [0.5, 0.6) is 0 Å². The number of hydrogen-bond acceptors (Lipinski definition) is 0. The van der Waals surface area contributed by atoms with Crippen LogP contribution in [-0.2, 0) is 0 Å². The molecule has 2 aliphatic carbocycles. The molecule has 0 heterocycles. The molecule has 0 radical (unpaired) electrons. The van der Waals surface area contributed by atoms with Crippen molar-refractivity contribution in [2.24, 2.45) is 11.8 Å². The molecule has 0 saturated carbocycles. The Balaban J connectivity index is 1.90. The Morgan fingerprint density at radius 3 is 1.81 bits per heavy atom. The molecule has 0 N–H and O–H groups in total. The molecule has 0 nitrogen and oxygen atoms in total. The van der Waals surface area contributed by atoms with E-state index in [4.69, 9.17) is 0 Å². The zero-order valence-corrected chi connectivity index (χ0v) is 13.4. The first-order valence-corrected chi connectivity index (χ1v) is 10.3. The zero-order valence-electron chi connectivity index (χ0n) is 12.4. The van der Waals surface area contributed by atoms with Gasteiger partial charge in [0.25, 0.3) is 0 Å². The van der Waals surface area contributed by atoms with Gasteiger partial charge in [-0.2, -0.15) is 0 Å². The third-order valence-electron chi connectivity index (χ3n) is 5.19. The topological polar surface area (TPSA) is 0 Å². The Morgan fingerprint density at radius 2 is 1.38 bits per heavy atom. The van der Waals surface area contributed by atoms with Crippen molar-refractivity contribution in [2.75, 3.05) is 0 Å². The van der Waals surface area contributed by atoms with E-state index in [9.17, 15) is 0 Å². The van der Waals surface area contributed by atoms with Crippen LogP contribution in [0.3, 0.4) is 0 Å². The number of benzene rings is 2. The molecule has 4 rings (SSSR count). The summed E-state index contributed by atoms with van der Waals surface area (Å²) in [6, 6.07) is 22.3. The van der Waals surface area contributed by atoms with E-state index in [1.165, 1.54) is 17.0 Å². The van der Waals surface area contributed by atoms with Crippen LogP contribution < -0.4 is 10.6 Å². The normalized spacial score (nSPS) is 24.1. The van der Waals surface area contributed by atoms with E-state index in [1.807, 2.05) is 0 Å². The van der Waals surface area contributed by atoms with Crippen LogP contribution in [0.1, 0.15) is 6.42 Å². The van der Waals surface area contributed by atoms with E-state index in [2.05, 4.69) is 86.5 Å². The Kier molecular flexibility index (Phi) is 3.12. The van der Waals surface area contributed by atoms with Crippen LogP contribution in [0.2, 0.25) is 0 Å². The molecule has 2 heteroatoms. The van der Waals surface area contributed by atoms with Gasteiger partial charge in [0.2, 0.25) is 0 Å². The van der Waals surface area contributed by atoms with E-state index in [-0.39, 0.29) is 0 Å². The van der Waals surface area contributed by atoms with E-state index in [1.54, 1.807) is 5.31 Å². The Bertz CT molecular complexity index is 663. The molecule has 2 atom stereocenters.